The van der Waals surface area contributed by atoms with E-state index in [9.17, 15) is 5.11 Å². The Balaban J connectivity index is 2.11. The van der Waals surface area contributed by atoms with Gasteiger partial charge in [-0.3, -0.25) is 0 Å². The zero-order valence-corrected chi connectivity index (χ0v) is 15.9. The highest BCUT2D eigenvalue weighted by atomic mass is 16.5. The van der Waals surface area contributed by atoms with Crippen LogP contribution in [0.1, 0.15) is 30.9 Å². The average Bonchev–Trinajstić information content (AvgIpc) is 3.20. The fourth-order valence-electron chi connectivity index (χ4n) is 4.08. The standard InChI is InChI=1S/C22H29NO3/c1-17(16-23-14-8-9-15-23)22(24,18-10-4-6-12-20(18)25-2)19-11-5-7-13-21(19)26-3/h4-7,10-13,17,24H,8-9,14-16H2,1-3H3. The first kappa shape index (κ1) is 18.7. The first-order valence-corrected chi connectivity index (χ1v) is 9.33. The van der Waals surface area contributed by atoms with Gasteiger partial charge in [-0.2, -0.15) is 0 Å². The van der Waals surface area contributed by atoms with E-state index < -0.39 is 5.60 Å². The lowest BCUT2D eigenvalue weighted by Gasteiger charge is -2.38. The van der Waals surface area contributed by atoms with Crippen molar-refractivity contribution in [3.05, 3.63) is 59.7 Å². The molecule has 1 aliphatic heterocycles. The lowest BCUT2D eigenvalue weighted by atomic mass is 9.75. The number of ether oxygens (including phenoxy) is 2. The molecular formula is C22H29NO3. The van der Waals surface area contributed by atoms with E-state index in [0.29, 0.717) is 11.5 Å². The number of para-hydroxylation sites is 2. The number of aliphatic hydroxyl groups is 1. The van der Waals surface area contributed by atoms with Gasteiger partial charge in [-0.05, 0) is 38.1 Å². The summed E-state index contributed by atoms with van der Waals surface area (Å²) in [7, 11) is 3.29. The summed E-state index contributed by atoms with van der Waals surface area (Å²) in [5.41, 5.74) is 0.347. The lowest BCUT2D eigenvalue weighted by Crippen LogP contribution is -2.41. The second kappa shape index (κ2) is 8.11. The highest BCUT2D eigenvalue weighted by Crippen LogP contribution is 2.45. The van der Waals surface area contributed by atoms with Crippen LogP contribution in [0.4, 0.5) is 0 Å². The van der Waals surface area contributed by atoms with Gasteiger partial charge < -0.3 is 19.5 Å². The number of likely N-dealkylation sites (tertiary alicyclic amines) is 1. The van der Waals surface area contributed by atoms with Crippen LogP contribution in [0.5, 0.6) is 11.5 Å². The Morgan fingerprint density at radius 1 is 0.923 bits per heavy atom. The summed E-state index contributed by atoms with van der Waals surface area (Å²) in [5, 5.41) is 12.1. The zero-order chi connectivity index (χ0) is 18.6. The fourth-order valence-corrected chi connectivity index (χ4v) is 4.08. The van der Waals surface area contributed by atoms with Crippen molar-refractivity contribution in [1.29, 1.82) is 0 Å². The topological polar surface area (TPSA) is 41.9 Å². The van der Waals surface area contributed by atoms with Crippen molar-refractivity contribution in [3.8, 4) is 11.5 Å². The summed E-state index contributed by atoms with van der Waals surface area (Å²) in [6.07, 6.45) is 2.46. The largest absolute Gasteiger partial charge is 0.496 e. The summed E-state index contributed by atoms with van der Waals surface area (Å²) in [6, 6.07) is 15.4. The Kier molecular flexibility index (Phi) is 5.84. The van der Waals surface area contributed by atoms with E-state index in [0.717, 1.165) is 30.8 Å². The van der Waals surface area contributed by atoms with Gasteiger partial charge in [0.25, 0.3) is 0 Å². The maximum atomic E-state index is 12.1. The smallest absolute Gasteiger partial charge is 0.125 e. The van der Waals surface area contributed by atoms with Gasteiger partial charge in [0.1, 0.15) is 17.1 Å². The second-order valence-corrected chi connectivity index (χ2v) is 7.08. The highest BCUT2D eigenvalue weighted by Gasteiger charge is 2.42. The average molecular weight is 355 g/mol. The Labute approximate surface area is 156 Å². The van der Waals surface area contributed by atoms with Gasteiger partial charge in [0.05, 0.1) is 14.2 Å². The van der Waals surface area contributed by atoms with Crippen LogP contribution in [0.3, 0.4) is 0 Å². The molecule has 26 heavy (non-hydrogen) atoms. The van der Waals surface area contributed by atoms with Crippen molar-refractivity contribution in [2.45, 2.75) is 25.4 Å². The summed E-state index contributed by atoms with van der Waals surface area (Å²) in [5.74, 6) is 1.34. The third-order valence-corrected chi connectivity index (χ3v) is 5.48. The summed E-state index contributed by atoms with van der Waals surface area (Å²) in [6.45, 7) is 5.13. The molecule has 0 bridgehead atoms. The molecule has 0 radical (unpaired) electrons. The first-order chi connectivity index (χ1) is 12.6. The molecular weight excluding hydrogens is 326 g/mol. The monoisotopic (exact) mass is 355 g/mol. The lowest BCUT2D eigenvalue weighted by molar-refractivity contribution is 0.00662. The third-order valence-electron chi connectivity index (χ3n) is 5.48. The number of benzene rings is 2. The first-order valence-electron chi connectivity index (χ1n) is 9.33. The minimum absolute atomic E-state index is 0.0341. The van der Waals surface area contributed by atoms with Crippen molar-refractivity contribution in [1.82, 2.24) is 4.90 Å². The summed E-state index contributed by atoms with van der Waals surface area (Å²) >= 11 is 0. The molecule has 0 aliphatic carbocycles. The molecule has 1 atom stereocenters. The molecule has 1 aliphatic rings. The van der Waals surface area contributed by atoms with Crippen LogP contribution in [0.25, 0.3) is 0 Å². The Morgan fingerprint density at radius 2 is 1.38 bits per heavy atom. The minimum Gasteiger partial charge on any atom is -0.496 e. The SMILES string of the molecule is COc1ccccc1C(O)(c1ccccc1OC)C(C)CN1CCCC1. The summed E-state index contributed by atoms with van der Waals surface area (Å²) < 4.78 is 11.2. The molecule has 4 heteroatoms. The maximum Gasteiger partial charge on any atom is 0.125 e. The van der Waals surface area contributed by atoms with Gasteiger partial charge in [-0.15, -0.1) is 0 Å². The second-order valence-electron chi connectivity index (χ2n) is 7.08. The minimum atomic E-state index is -1.21. The summed E-state index contributed by atoms with van der Waals surface area (Å²) in [4.78, 5) is 2.43. The molecule has 0 spiro atoms. The van der Waals surface area contributed by atoms with Crippen molar-refractivity contribution in [2.75, 3.05) is 33.9 Å². The third kappa shape index (κ3) is 3.44. The number of nitrogens with zero attached hydrogens (tertiary/aromatic N) is 1. The molecule has 140 valence electrons. The van der Waals surface area contributed by atoms with Gasteiger partial charge in [-0.25, -0.2) is 0 Å². The van der Waals surface area contributed by atoms with Crippen LogP contribution >= 0.6 is 0 Å². The molecule has 0 saturated carbocycles. The molecule has 2 aromatic carbocycles. The van der Waals surface area contributed by atoms with Crippen LogP contribution in [-0.4, -0.2) is 43.9 Å². The van der Waals surface area contributed by atoms with Gasteiger partial charge >= 0.3 is 0 Å². The van der Waals surface area contributed by atoms with Crippen molar-refractivity contribution in [3.63, 3.8) is 0 Å². The predicted octanol–water partition coefficient (Wildman–Crippen LogP) is 3.67. The number of methoxy groups -OCH3 is 2. The molecule has 2 aromatic rings. The molecule has 1 fully saturated rings. The van der Waals surface area contributed by atoms with Crippen LogP contribution < -0.4 is 9.47 Å². The van der Waals surface area contributed by atoms with E-state index in [-0.39, 0.29) is 5.92 Å². The number of rotatable bonds is 7. The predicted molar refractivity (Wildman–Crippen MR) is 104 cm³/mol. The highest BCUT2D eigenvalue weighted by molar-refractivity contribution is 5.50. The van der Waals surface area contributed by atoms with Crippen molar-refractivity contribution in [2.24, 2.45) is 5.92 Å². The fraction of sp³-hybridized carbons (Fsp3) is 0.455. The van der Waals surface area contributed by atoms with Gasteiger partial charge in [0.2, 0.25) is 0 Å². The molecule has 1 unspecified atom stereocenters. The van der Waals surface area contributed by atoms with E-state index in [4.69, 9.17) is 9.47 Å². The van der Waals surface area contributed by atoms with Crippen molar-refractivity contribution < 1.29 is 14.6 Å². The van der Waals surface area contributed by atoms with E-state index in [1.807, 2.05) is 48.5 Å². The quantitative estimate of drug-likeness (QED) is 0.823. The van der Waals surface area contributed by atoms with Crippen molar-refractivity contribution >= 4 is 0 Å². The Hall–Kier alpha value is -2.04. The Morgan fingerprint density at radius 3 is 1.85 bits per heavy atom. The molecule has 4 nitrogen and oxygen atoms in total. The van der Waals surface area contributed by atoms with Crippen LogP contribution in [0.2, 0.25) is 0 Å². The van der Waals surface area contributed by atoms with Gasteiger partial charge in [-0.1, -0.05) is 43.3 Å². The normalized spacial score (nSPS) is 16.5. The van der Waals surface area contributed by atoms with Crippen LogP contribution in [-0.2, 0) is 5.60 Å². The maximum absolute atomic E-state index is 12.1. The van der Waals surface area contributed by atoms with E-state index in [1.54, 1.807) is 14.2 Å². The molecule has 1 heterocycles. The van der Waals surface area contributed by atoms with Gasteiger partial charge in [0.15, 0.2) is 0 Å². The molecule has 3 rings (SSSR count). The molecule has 1 N–H and O–H groups in total. The van der Waals surface area contributed by atoms with Crippen LogP contribution in [0, 0.1) is 5.92 Å². The van der Waals surface area contributed by atoms with E-state index in [2.05, 4.69) is 11.8 Å². The number of hydrogen-bond donors (Lipinski definition) is 1. The molecule has 1 saturated heterocycles. The Bertz CT molecular complexity index is 677. The zero-order valence-electron chi connectivity index (χ0n) is 15.9. The molecule has 0 aromatic heterocycles. The molecule has 0 amide bonds. The van der Waals surface area contributed by atoms with E-state index >= 15 is 0 Å². The van der Waals surface area contributed by atoms with Gasteiger partial charge in [0, 0.05) is 23.6 Å². The van der Waals surface area contributed by atoms with Crippen LogP contribution in [0.15, 0.2) is 48.5 Å². The van der Waals surface area contributed by atoms with E-state index in [1.165, 1.54) is 12.8 Å². The number of hydrogen-bond acceptors (Lipinski definition) is 4.